The first-order chi connectivity index (χ1) is 55.9. The van der Waals surface area contributed by atoms with Gasteiger partial charge in [-0.1, -0.05) is 83.2 Å². The number of aliphatic carboxylic acids is 5. The van der Waals surface area contributed by atoms with Crippen LogP contribution in [-0.4, -0.2) is 252 Å². The fourth-order valence-corrected chi connectivity index (χ4v) is 11.7. The third kappa shape index (κ3) is 36.2. The first kappa shape index (κ1) is 100.0. The summed E-state index contributed by atoms with van der Waals surface area (Å²) in [6.07, 6.45) is -3.02. The number of aliphatic hydroxyl groups is 1. The second kappa shape index (κ2) is 50.3. The fourth-order valence-electron chi connectivity index (χ4n) is 11.7. The smallest absolute Gasteiger partial charge is 0.326 e. The van der Waals surface area contributed by atoms with E-state index in [9.17, 15) is 131 Å². The average Bonchev–Trinajstić information content (AvgIpc) is 1.68. The van der Waals surface area contributed by atoms with Crippen molar-refractivity contribution in [2.45, 2.75) is 216 Å². The quantitative estimate of drug-likeness (QED) is 0.0142. The normalized spacial score (nSPS) is 14.5. The molecule has 0 aliphatic heterocycles. The Labute approximate surface area is 680 Å². The number of aromatic amines is 1. The minimum absolute atomic E-state index is 0.0303. The van der Waals surface area contributed by atoms with Gasteiger partial charge in [0.05, 0.1) is 57.7 Å². The van der Waals surface area contributed by atoms with Crippen LogP contribution in [0.25, 0.3) is 10.9 Å². The Morgan fingerprint density at radius 1 is 0.420 bits per heavy atom. The lowest BCUT2D eigenvalue weighted by molar-refractivity contribution is -0.143. The number of rotatable bonds is 56. The summed E-state index contributed by atoms with van der Waals surface area (Å²) in [5.74, 6) is -28.9. The highest BCUT2D eigenvalue weighted by molar-refractivity contribution is 6.05. The zero-order valence-electron chi connectivity index (χ0n) is 66.0. The van der Waals surface area contributed by atoms with Crippen molar-refractivity contribution < 1.29 is 131 Å². The Morgan fingerprint density at radius 3 is 1.39 bits per heavy atom. The van der Waals surface area contributed by atoms with Gasteiger partial charge in [0.15, 0.2) is 5.78 Å². The molecule has 0 spiro atoms. The number of nitrogens with one attached hydrogen (secondary N) is 14. The van der Waals surface area contributed by atoms with Crippen molar-refractivity contribution in [2.75, 3.05) is 25.4 Å². The van der Waals surface area contributed by atoms with Crippen LogP contribution in [0.15, 0.2) is 54.7 Å². The van der Waals surface area contributed by atoms with Crippen molar-refractivity contribution in [3.05, 3.63) is 65.9 Å². The molecule has 45 heteroatoms. The lowest BCUT2D eigenvalue weighted by Gasteiger charge is -2.27. The molecule has 14 atom stereocenters. The van der Waals surface area contributed by atoms with E-state index in [-0.39, 0.29) is 43.5 Å². The zero-order valence-corrected chi connectivity index (χ0v) is 66.0. The van der Waals surface area contributed by atoms with Crippen LogP contribution < -0.4 is 92.1 Å². The van der Waals surface area contributed by atoms with Crippen molar-refractivity contribution in [2.24, 2.45) is 29.0 Å². The third-order valence-corrected chi connectivity index (χ3v) is 18.3. The lowest BCUT2D eigenvalue weighted by Crippen LogP contribution is -2.61. The lowest BCUT2D eigenvalue weighted by atomic mass is 9.95. The van der Waals surface area contributed by atoms with E-state index in [1.807, 2.05) is 21.3 Å². The number of aliphatic hydroxyl groups excluding tert-OH is 1. The molecule has 0 radical (unpaired) electrons. The number of unbranched alkanes of at least 4 members (excludes halogenated alkanes) is 3. The maximum absolute atomic E-state index is 14.2. The van der Waals surface area contributed by atoms with E-state index in [1.165, 1.54) is 24.3 Å². The molecule has 0 aliphatic rings. The summed E-state index contributed by atoms with van der Waals surface area (Å²) in [5.41, 5.74) is 23.4. The number of aromatic nitrogens is 1. The number of nitrogen functional groups attached to an aromatic ring is 1. The van der Waals surface area contributed by atoms with E-state index < -0.39 is 261 Å². The third-order valence-electron chi connectivity index (χ3n) is 18.3. The number of carbonyl (C=O) groups is 21. The SMILES string of the molecule is CCC(C)CCCCCCC(=O)N[C@@H](Cc1c[nH]c2ccccc12)C(=O)N[C@H](CC(N)=O)C(=O)N[C@@H](CC(=O)O)C(=O)N[C@H](C(=O)NCC(=O)N[C@@H](CCCN)C(=O)N[C@@H](CC(=O)O)C(=O)N[C@H](C)C(=O)N[C@@H](CC(=O)O)C(=O)NCC(=O)N[C@H](CC(N)=O)C(=O)N[C@H](C(=O)N[C@@H](CC(=O)c1ccccc1N)C(=O)O)C(C)CC(=O)O)[C@@H](C)O. The highest BCUT2D eigenvalue weighted by atomic mass is 16.4. The van der Waals surface area contributed by atoms with Gasteiger partial charge in [0.2, 0.25) is 88.6 Å². The first-order valence-electron chi connectivity index (χ1n) is 37.8. The molecule has 1 heterocycles. The van der Waals surface area contributed by atoms with Crippen LogP contribution in [0.2, 0.25) is 0 Å². The van der Waals surface area contributed by atoms with Gasteiger partial charge in [-0.2, -0.15) is 0 Å². The monoisotopic (exact) mass is 1680 g/mol. The van der Waals surface area contributed by atoms with Crippen LogP contribution in [0.4, 0.5) is 5.69 Å². The number of carboxylic acids is 5. The summed E-state index contributed by atoms with van der Waals surface area (Å²) >= 11 is 0. The topological polar surface area (TPSA) is 756 Å². The number of carbonyl (C=O) groups excluding carboxylic acids is 16. The molecule has 45 nitrogen and oxygen atoms in total. The zero-order chi connectivity index (χ0) is 89.5. The summed E-state index contributed by atoms with van der Waals surface area (Å²) in [6, 6.07) is -8.65. The molecule has 3 aromatic rings. The number of carboxylic acid groups (broad SMARTS) is 5. The first-order valence-corrected chi connectivity index (χ1v) is 37.8. The van der Waals surface area contributed by atoms with Gasteiger partial charge in [0.1, 0.15) is 66.5 Å². The molecule has 2 unspecified atom stereocenters. The van der Waals surface area contributed by atoms with Crippen molar-refractivity contribution >= 4 is 141 Å². The Kier molecular flexibility index (Phi) is 42.2. The Morgan fingerprint density at radius 2 is 0.866 bits per heavy atom. The number of benzene rings is 2. The maximum atomic E-state index is 14.2. The molecule has 28 N–H and O–H groups in total. The Balaban J connectivity index is 1.72. The van der Waals surface area contributed by atoms with Gasteiger partial charge < -0.3 is 128 Å². The van der Waals surface area contributed by atoms with Crippen molar-refractivity contribution in [1.82, 2.24) is 74.1 Å². The van der Waals surface area contributed by atoms with Gasteiger partial charge in [0, 0.05) is 47.6 Å². The second-order valence-electron chi connectivity index (χ2n) is 28.3. The molecule has 0 aliphatic carbocycles. The number of nitrogens with two attached hydrogens (primary N) is 4. The number of primary amides is 2. The molecule has 1 aromatic heterocycles. The number of para-hydroxylation sites is 2. The van der Waals surface area contributed by atoms with E-state index >= 15 is 0 Å². The molecule has 0 saturated carbocycles. The van der Waals surface area contributed by atoms with Crippen molar-refractivity contribution in [3.63, 3.8) is 0 Å². The van der Waals surface area contributed by atoms with E-state index in [2.05, 4.69) is 66.7 Å². The van der Waals surface area contributed by atoms with Gasteiger partial charge in [0.25, 0.3) is 0 Å². The molecule has 3 rings (SSSR count). The van der Waals surface area contributed by atoms with Gasteiger partial charge in [-0.25, -0.2) is 4.79 Å². The minimum atomic E-state index is -2.14. The Hall–Kier alpha value is -13.2. The number of hydrogen-bond acceptors (Lipinski definition) is 24. The standard InChI is InChI=1S/C74H106N18O27/c1-6-35(2)16-9-7-8-10-22-55(97)84-45(25-39-32-79-43-20-14-12-17-40(39)43)68(112)87-47(28-54(78)96)69(113)89-50(31-61(106)107)71(115)92-63(38(5)93)72(116)81-34-56(98)83-44(21-15-23-75)66(110)88-49(30-60(104)105)67(111)82-37(4)64(108)86-48(29-59(102)103)65(109)80-33-57(99)85-46(27-53(77)95)70(114)91-62(36(3)24-58(100)101)73(117)90-51(74(118)119)26-52(94)41-18-11-13-19-42(41)76/h11-14,17-20,32,35-38,44-51,62-63,79,93H,6-10,15-16,21-31,33-34,75-76H2,1-5H3,(H2,77,95)(H2,78,96)(H,80,109)(H,81,116)(H,82,111)(H,83,98)(H,84,97)(H,85,99)(H,86,108)(H,87,112)(H,88,110)(H,89,113)(H,90,117)(H,91,114)(H,92,115)(H,100,101)(H,102,103)(H,104,105)(H,106,107)(H,118,119)/t35?,36?,37-,38-,44+,45+,46-,47-,48+,49+,50+,51+,62+,63+/m1/s1. The largest absolute Gasteiger partial charge is 0.481 e. The molecule has 0 bridgehead atoms. The van der Waals surface area contributed by atoms with Crippen LogP contribution in [0.5, 0.6) is 0 Å². The van der Waals surface area contributed by atoms with Crippen LogP contribution in [0, 0.1) is 11.8 Å². The maximum Gasteiger partial charge on any atom is 0.326 e. The molecule has 654 valence electrons. The number of ketones is 1. The summed E-state index contributed by atoms with van der Waals surface area (Å²) < 4.78 is 0. The predicted octanol–water partition coefficient (Wildman–Crippen LogP) is -5.97. The molecule has 0 fully saturated rings. The summed E-state index contributed by atoms with van der Waals surface area (Å²) in [7, 11) is 0. The number of amides is 15. The van der Waals surface area contributed by atoms with Crippen LogP contribution in [0.3, 0.4) is 0 Å². The summed E-state index contributed by atoms with van der Waals surface area (Å²) in [5, 5.41) is 88.0. The summed E-state index contributed by atoms with van der Waals surface area (Å²) in [4.78, 5) is 278. The van der Waals surface area contributed by atoms with Crippen molar-refractivity contribution in [1.29, 1.82) is 0 Å². The van der Waals surface area contributed by atoms with Crippen LogP contribution in [0.1, 0.15) is 153 Å². The summed E-state index contributed by atoms with van der Waals surface area (Å²) in [6.45, 7) is 4.92. The van der Waals surface area contributed by atoms with Crippen LogP contribution in [-0.2, 0) is 102 Å². The number of anilines is 1. The van der Waals surface area contributed by atoms with Gasteiger partial charge >= 0.3 is 29.8 Å². The minimum Gasteiger partial charge on any atom is -0.481 e. The van der Waals surface area contributed by atoms with Crippen LogP contribution >= 0.6 is 0 Å². The second-order valence-corrected chi connectivity index (χ2v) is 28.3. The van der Waals surface area contributed by atoms with Gasteiger partial charge in [-0.05, 0) is 75.3 Å². The average molecular weight is 1680 g/mol. The molecular formula is C74H106N18O27. The van der Waals surface area contributed by atoms with Gasteiger partial charge in [-0.15, -0.1) is 0 Å². The van der Waals surface area contributed by atoms with E-state index in [0.717, 1.165) is 52.9 Å². The fraction of sp³-hybridized carbons (Fsp3) is 0.527. The number of Topliss-reactive ketones (excluding diaryl/α,β-unsaturated/α-hetero) is 1. The highest BCUT2D eigenvalue weighted by Gasteiger charge is 2.39. The molecule has 0 saturated heterocycles. The number of fused-ring (bicyclic) bond motifs is 1. The molecule has 119 heavy (non-hydrogen) atoms. The van der Waals surface area contributed by atoms with E-state index in [1.54, 1.807) is 30.5 Å². The highest BCUT2D eigenvalue weighted by Crippen LogP contribution is 2.21. The number of H-pyrrole nitrogens is 1. The number of hydrogen-bond donors (Lipinski definition) is 24. The molecular weight excluding hydrogens is 1570 g/mol. The Bertz CT molecular complexity index is 4170. The van der Waals surface area contributed by atoms with E-state index in [4.69, 9.17) is 22.9 Å². The molecule has 2 aromatic carbocycles. The molecule has 15 amide bonds. The predicted molar refractivity (Wildman–Crippen MR) is 415 cm³/mol. The van der Waals surface area contributed by atoms with E-state index in [0.29, 0.717) is 28.8 Å². The van der Waals surface area contributed by atoms with Gasteiger partial charge in [-0.3, -0.25) is 95.9 Å². The van der Waals surface area contributed by atoms with Crippen molar-refractivity contribution in [3.8, 4) is 0 Å².